The number of hydrogen-bond acceptors (Lipinski definition) is 6. The highest BCUT2D eigenvalue weighted by Gasteiger charge is 2.06. The molecule has 9 heteroatoms. The highest BCUT2D eigenvalue weighted by molar-refractivity contribution is 5.92. The van der Waals surface area contributed by atoms with Crippen molar-refractivity contribution in [3.05, 3.63) is 85.0 Å². The van der Waals surface area contributed by atoms with Gasteiger partial charge in [-0.25, -0.2) is 19.3 Å². The van der Waals surface area contributed by atoms with Crippen LogP contribution in [0.2, 0.25) is 0 Å². The van der Waals surface area contributed by atoms with E-state index >= 15 is 0 Å². The molecule has 2 N–H and O–H groups in total. The van der Waals surface area contributed by atoms with E-state index in [2.05, 4.69) is 25.6 Å². The van der Waals surface area contributed by atoms with Gasteiger partial charge in [0.25, 0.3) is 5.91 Å². The van der Waals surface area contributed by atoms with E-state index in [-0.39, 0.29) is 18.3 Å². The van der Waals surface area contributed by atoms with Gasteiger partial charge in [-0.05, 0) is 55.5 Å². The number of nitrogens with one attached hydrogen (secondary N) is 2. The second-order valence-electron chi connectivity index (χ2n) is 6.60. The number of benzene rings is 2. The summed E-state index contributed by atoms with van der Waals surface area (Å²) in [5, 5.41) is 5.95. The average molecular weight is 418 g/mol. The molecule has 0 saturated carbocycles. The molecule has 0 unspecified atom stereocenters. The number of nitrogens with zero attached hydrogens (tertiary/aromatic N) is 4. The van der Waals surface area contributed by atoms with Crippen LogP contribution in [0.15, 0.2) is 73.3 Å². The van der Waals surface area contributed by atoms with Gasteiger partial charge in [0, 0.05) is 29.8 Å². The maximum atomic E-state index is 12.9. The van der Waals surface area contributed by atoms with Crippen molar-refractivity contribution in [2.24, 2.45) is 0 Å². The summed E-state index contributed by atoms with van der Waals surface area (Å²) < 4.78 is 20.1. The summed E-state index contributed by atoms with van der Waals surface area (Å²) in [5.41, 5.74) is 1.42. The lowest BCUT2D eigenvalue weighted by atomic mass is 10.2. The van der Waals surface area contributed by atoms with Crippen molar-refractivity contribution in [2.75, 3.05) is 17.2 Å². The molecule has 0 aliphatic carbocycles. The zero-order chi connectivity index (χ0) is 21.6. The van der Waals surface area contributed by atoms with Crippen LogP contribution >= 0.6 is 0 Å². The van der Waals surface area contributed by atoms with Crippen molar-refractivity contribution >= 4 is 23.1 Å². The van der Waals surface area contributed by atoms with E-state index in [0.29, 0.717) is 23.1 Å². The van der Waals surface area contributed by atoms with Gasteiger partial charge < -0.3 is 15.4 Å². The highest BCUT2D eigenvalue weighted by Crippen LogP contribution is 2.19. The van der Waals surface area contributed by atoms with Crippen LogP contribution in [-0.4, -0.2) is 32.0 Å². The molecule has 0 bridgehead atoms. The third-order valence-corrected chi connectivity index (χ3v) is 4.35. The molecule has 2 aromatic carbocycles. The molecule has 1 amide bonds. The van der Waals surface area contributed by atoms with E-state index in [0.717, 1.165) is 11.5 Å². The molecule has 4 aromatic rings. The molecule has 2 heterocycles. The number of aryl methyl sites for hydroxylation is 1. The van der Waals surface area contributed by atoms with Crippen molar-refractivity contribution in [3.63, 3.8) is 0 Å². The zero-order valence-electron chi connectivity index (χ0n) is 16.6. The smallest absolute Gasteiger partial charge is 0.262 e. The van der Waals surface area contributed by atoms with Crippen LogP contribution in [0, 0.1) is 12.7 Å². The number of anilines is 3. The molecule has 0 spiro atoms. The van der Waals surface area contributed by atoms with E-state index in [1.165, 1.54) is 30.6 Å². The predicted octanol–water partition coefficient (Wildman–Crippen LogP) is 3.87. The van der Waals surface area contributed by atoms with Crippen molar-refractivity contribution in [3.8, 4) is 11.6 Å². The number of halogens is 1. The summed E-state index contributed by atoms with van der Waals surface area (Å²) in [7, 11) is 0. The first kappa shape index (κ1) is 20.0. The lowest BCUT2D eigenvalue weighted by molar-refractivity contribution is -0.118. The van der Waals surface area contributed by atoms with Gasteiger partial charge >= 0.3 is 0 Å². The van der Waals surface area contributed by atoms with Gasteiger partial charge in [-0.3, -0.25) is 9.36 Å². The zero-order valence-corrected chi connectivity index (χ0v) is 16.6. The topological polar surface area (TPSA) is 94.0 Å². The van der Waals surface area contributed by atoms with Crippen LogP contribution in [0.3, 0.4) is 0 Å². The molecular weight excluding hydrogens is 399 g/mol. The quantitative estimate of drug-likeness (QED) is 0.473. The number of amides is 1. The van der Waals surface area contributed by atoms with Crippen molar-refractivity contribution in [1.82, 2.24) is 19.5 Å². The van der Waals surface area contributed by atoms with Gasteiger partial charge in [0.05, 0.1) is 0 Å². The Balaban J connectivity index is 1.33. The Bertz CT molecular complexity index is 1180. The molecule has 0 aliphatic heterocycles. The maximum absolute atomic E-state index is 12.9. The summed E-state index contributed by atoms with van der Waals surface area (Å²) in [4.78, 5) is 24.8. The summed E-state index contributed by atoms with van der Waals surface area (Å²) in [5.74, 6) is 1.90. The Labute approximate surface area is 177 Å². The largest absolute Gasteiger partial charge is 0.484 e. The van der Waals surface area contributed by atoms with Gasteiger partial charge in [-0.1, -0.05) is 0 Å². The second kappa shape index (κ2) is 9.04. The van der Waals surface area contributed by atoms with E-state index in [4.69, 9.17) is 4.74 Å². The number of imidazole rings is 1. The summed E-state index contributed by atoms with van der Waals surface area (Å²) in [6.45, 7) is 1.72. The van der Waals surface area contributed by atoms with Gasteiger partial charge in [0.2, 0.25) is 0 Å². The van der Waals surface area contributed by atoms with E-state index in [1.807, 2.05) is 35.9 Å². The molecular formula is C22H19FN6O2. The van der Waals surface area contributed by atoms with Crippen LogP contribution in [-0.2, 0) is 4.79 Å². The standard InChI is InChI=1S/C22H19FN6O2/c1-15-24-10-11-29(15)21-12-20(25-14-26-21)27-17-4-6-18(7-5-17)28-22(30)13-31-19-8-2-16(23)3-9-19/h2-12,14H,13H2,1H3,(H,28,30)(H,25,26,27). The highest BCUT2D eigenvalue weighted by atomic mass is 19.1. The minimum absolute atomic E-state index is 0.178. The molecule has 0 aliphatic rings. The Hall–Kier alpha value is -4.27. The van der Waals surface area contributed by atoms with Crippen LogP contribution in [0.4, 0.5) is 21.6 Å². The number of hydrogen-bond donors (Lipinski definition) is 2. The fourth-order valence-electron chi connectivity index (χ4n) is 2.83. The minimum Gasteiger partial charge on any atom is -0.484 e. The average Bonchev–Trinajstić information content (AvgIpc) is 3.21. The number of rotatable bonds is 7. The predicted molar refractivity (Wildman–Crippen MR) is 114 cm³/mol. The summed E-state index contributed by atoms with van der Waals surface area (Å²) in [6, 6.07) is 14.5. The third-order valence-electron chi connectivity index (χ3n) is 4.35. The maximum Gasteiger partial charge on any atom is 0.262 e. The van der Waals surface area contributed by atoms with Crippen LogP contribution < -0.4 is 15.4 Å². The molecule has 2 aromatic heterocycles. The number of carbonyl (C=O) groups excluding carboxylic acids is 1. The Morgan fingerprint density at radius 3 is 2.48 bits per heavy atom. The normalized spacial score (nSPS) is 10.5. The SMILES string of the molecule is Cc1nccn1-c1cc(Nc2ccc(NC(=O)COc3ccc(F)cc3)cc2)ncn1. The van der Waals surface area contributed by atoms with Crippen molar-refractivity contribution in [2.45, 2.75) is 6.92 Å². The Morgan fingerprint density at radius 2 is 1.77 bits per heavy atom. The third kappa shape index (κ3) is 5.21. The van der Waals surface area contributed by atoms with Gasteiger partial charge in [0.15, 0.2) is 6.61 Å². The van der Waals surface area contributed by atoms with Crippen LogP contribution in [0.5, 0.6) is 5.75 Å². The van der Waals surface area contributed by atoms with Crippen LogP contribution in [0.25, 0.3) is 5.82 Å². The van der Waals surface area contributed by atoms with Crippen molar-refractivity contribution < 1.29 is 13.9 Å². The van der Waals surface area contributed by atoms with E-state index in [9.17, 15) is 9.18 Å². The molecule has 0 atom stereocenters. The molecule has 0 radical (unpaired) electrons. The lowest BCUT2D eigenvalue weighted by Gasteiger charge is -2.10. The molecule has 31 heavy (non-hydrogen) atoms. The minimum atomic E-state index is -0.361. The van der Waals surface area contributed by atoms with E-state index < -0.39 is 0 Å². The molecule has 156 valence electrons. The van der Waals surface area contributed by atoms with Gasteiger partial charge in [-0.2, -0.15) is 0 Å². The molecule has 8 nitrogen and oxygen atoms in total. The van der Waals surface area contributed by atoms with Crippen LogP contribution in [0.1, 0.15) is 5.82 Å². The second-order valence-corrected chi connectivity index (χ2v) is 6.60. The van der Waals surface area contributed by atoms with Gasteiger partial charge in [-0.15, -0.1) is 0 Å². The first-order chi connectivity index (χ1) is 15.1. The number of aromatic nitrogens is 4. The van der Waals surface area contributed by atoms with E-state index in [1.54, 1.807) is 18.3 Å². The number of carbonyl (C=O) groups is 1. The lowest BCUT2D eigenvalue weighted by Crippen LogP contribution is -2.20. The fourth-order valence-corrected chi connectivity index (χ4v) is 2.83. The first-order valence-corrected chi connectivity index (χ1v) is 9.44. The molecule has 0 saturated heterocycles. The monoisotopic (exact) mass is 418 g/mol. The van der Waals surface area contributed by atoms with Gasteiger partial charge in [0.1, 0.15) is 35.4 Å². The Kier molecular flexibility index (Phi) is 5.84. The fraction of sp³-hybridized carbons (Fsp3) is 0.0909. The molecule has 4 rings (SSSR count). The summed E-state index contributed by atoms with van der Waals surface area (Å²) >= 11 is 0. The summed E-state index contributed by atoms with van der Waals surface area (Å²) in [6.07, 6.45) is 5.02. The van der Waals surface area contributed by atoms with Crippen molar-refractivity contribution in [1.29, 1.82) is 0 Å². The molecule has 0 fully saturated rings. The Morgan fingerprint density at radius 1 is 1.03 bits per heavy atom. The first-order valence-electron chi connectivity index (χ1n) is 9.44. The number of ether oxygens (including phenoxy) is 1.